The van der Waals surface area contributed by atoms with E-state index in [0.29, 0.717) is 0 Å². The summed E-state index contributed by atoms with van der Waals surface area (Å²) >= 11 is 0. The summed E-state index contributed by atoms with van der Waals surface area (Å²) < 4.78 is 18.8. The second kappa shape index (κ2) is 7.59. The van der Waals surface area contributed by atoms with Gasteiger partial charge in [0.05, 0.1) is 11.2 Å². The van der Waals surface area contributed by atoms with Crippen molar-refractivity contribution in [1.29, 1.82) is 0 Å². The topological polar surface area (TPSA) is 31.6 Å². The standard InChI is InChI=1S/C30H27BO3/c1-29(2)30(3,4)34-31(33-29)23-17-18-25-27(19-23)32-26-12-8-11-24(28(25)26)22-15-13-21(14-16-22)20-9-6-5-7-10-20/h5-19H,1-4H3. The van der Waals surface area contributed by atoms with Crippen LogP contribution in [0, 0.1) is 0 Å². The van der Waals surface area contributed by atoms with E-state index in [4.69, 9.17) is 13.7 Å². The first-order chi connectivity index (χ1) is 16.3. The molecule has 1 aliphatic rings. The summed E-state index contributed by atoms with van der Waals surface area (Å²) in [5.74, 6) is 0. The van der Waals surface area contributed by atoms with Crippen molar-refractivity contribution >= 4 is 34.5 Å². The van der Waals surface area contributed by atoms with Crippen molar-refractivity contribution in [2.45, 2.75) is 38.9 Å². The smallest absolute Gasteiger partial charge is 0.456 e. The Hall–Kier alpha value is -3.34. The average Bonchev–Trinajstić information content (AvgIpc) is 3.32. The zero-order valence-electron chi connectivity index (χ0n) is 20.0. The molecule has 1 fully saturated rings. The van der Waals surface area contributed by atoms with E-state index in [0.717, 1.165) is 27.4 Å². The largest absolute Gasteiger partial charge is 0.494 e. The number of benzene rings is 4. The lowest BCUT2D eigenvalue weighted by atomic mass is 9.79. The second-order valence-corrected chi connectivity index (χ2v) is 10.1. The van der Waals surface area contributed by atoms with Crippen LogP contribution in [-0.4, -0.2) is 18.3 Å². The van der Waals surface area contributed by atoms with Crippen LogP contribution < -0.4 is 5.46 Å². The van der Waals surface area contributed by atoms with Gasteiger partial charge in [-0.3, -0.25) is 0 Å². The van der Waals surface area contributed by atoms with Crippen LogP contribution in [0.1, 0.15) is 27.7 Å². The third kappa shape index (κ3) is 3.37. The summed E-state index contributed by atoms with van der Waals surface area (Å²) in [5.41, 5.74) is 6.71. The highest BCUT2D eigenvalue weighted by molar-refractivity contribution is 6.62. The summed E-state index contributed by atoms with van der Waals surface area (Å²) in [4.78, 5) is 0. The highest BCUT2D eigenvalue weighted by Crippen LogP contribution is 2.39. The molecule has 0 bridgehead atoms. The molecule has 0 aliphatic carbocycles. The molecular formula is C30H27BO3. The Bertz CT molecular complexity index is 1480. The molecule has 6 rings (SSSR count). The molecule has 2 heterocycles. The van der Waals surface area contributed by atoms with Crippen molar-refractivity contribution in [3.63, 3.8) is 0 Å². The van der Waals surface area contributed by atoms with Gasteiger partial charge in [0.1, 0.15) is 11.2 Å². The van der Waals surface area contributed by atoms with Crippen molar-refractivity contribution in [3.05, 3.63) is 91.0 Å². The SMILES string of the molecule is CC1(C)OB(c2ccc3c(c2)oc2cccc(-c4ccc(-c5ccccc5)cc4)c23)OC1(C)C. The molecule has 34 heavy (non-hydrogen) atoms. The average molecular weight is 446 g/mol. The molecule has 0 amide bonds. The third-order valence-electron chi connectivity index (χ3n) is 7.35. The summed E-state index contributed by atoms with van der Waals surface area (Å²) in [5, 5.41) is 2.23. The fraction of sp³-hybridized carbons (Fsp3) is 0.200. The minimum atomic E-state index is -0.410. The van der Waals surface area contributed by atoms with Crippen molar-refractivity contribution in [3.8, 4) is 22.3 Å². The van der Waals surface area contributed by atoms with Crippen LogP contribution in [0.5, 0.6) is 0 Å². The zero-order chi connectivity index (χ0) is 23.5. The highest BCUT2D eigenvalue weighted by atomic mass is 16.7. The molecule has 1 aromatic heterocycles. The first-order valence-corrected chi connectivity index (χ1v) is 11.8. The fourth-order valence-electron chi connectivity index (χ4n) is 4.68. The maximum Gasteiger partial charge on any atom is 0.494 e. The summed E-state index contributed by atoms with van der Waals surface area (Å²) in [6.07, 6.45) is 0. The predicted molar refractivity (Wildman–Crippen MR) is 140 cm³/mol. The Morgan fingerprint density at radius 2 is 1.24 bits per heavy atom. The maximum atomic E-state index is 6.30. The zero-order valence-corrected chi connectivity index (χ0v) is 20.0. The fourth-order valence-corrected chi connectivity index (χ4v) is 4.68. The quantitative estimate of drug-likeness (QED) is 0.274. The predicted octanol–water partition coefficient (Wildman–Crippen LogP) is 7.22. The van der Waals surface area contributed by atoms with E-state index in [-0.39, 0.29) is 11.2 Å². The van der Waals surface area contributed by atoms with Crippen LogP contribution in [0.25, 0.3) is 44.2 Å². The lowest BCUT2D eigenvalue weighted by molar-refractivity contribution is 0.00578. The molecule has 4 heteroatoms. The molecule has 1 saturated heterocycles. The van der Waals surface area contributed by atoms with Gasteiger partial charge in [-0.25, -0.2) is 0 Å². The van der Waals surface area contributed by atoms with Crippen molar-refractivity contribution in [2.75, 3.05) is 0 Å². The molecule has 0 spiro atoms. The van der Waals surface area contributed by atoms with Crippen LogP contribution in [0.15, 0.2) is 95.4 Å². The number of hydrogen-bond donors (Lipinski definition) is 0. The third-order valence-corrected chi connectivity index (χ3v) is 7.35. The van der Waals surface area contributed by atoms with Crippen LogP contribution >= 0.6 is 0 Å². The molecule has 5 aromatic rings. The van der Waals surface area contributed by atoms with Crippen LogP contribution in [0.2, 0.25) is 0 Å². The number of hydrogen-bond acceptors (Lipinski definition) is 3. The lowest BCUT2D eigenvalue weighted by Crippen LogP contribution is -2.41. The van der Waals surface area contributed by atoms with Gasteiger partial charge in [-0.1, -0.05) is 78.9 Å². The van der Waals surface area contributed by atoms with Gasteiger partial charge >= 0.3 is 7.12 Å². The van der Waals surface area contributed by atoms with E-state index >= 15 is 0 Å². The molecule has 0 saturated carbocycles. The van der Waals surface area contributed by atoms with E-state index in [2.05, 4.69) is 107 Å². The molecule has 0 unspecified atom stereocenters. The molecule has 168 valence electrons. The number of rotatable bonds is 3. The molecule has 0 atom stereocenters. The van der Waals surface area contributed by atoms with Gasteiger partial charge in [0.15, 0.2) is 0 Å². The number of furan rings is 1. The Kier molecular flexibility index (Phi) is 4.74. The summed E-state index contributed by atoms with van der Waals surface area (Å²) in [6.45, 7) is 8.29. The second-order valence-electron chi connectivity index (χ2n) is 10.1. The first kappa shape index (κ1) is 21.2. The van der Waals surface area contributed by atoms with Gasteiger partial charge in [0.2, 0.25) is 0 Å². The van der Waals surface area contributed by atoms with Crippen molar-refractivity contribution < 1.29 is 13.7 Å². The van der Waals surface area contributed by atoms with Gasteiger partial charge in [0, 0.05) is 10.8 Å². The molecule has 3 nitrogen and oxygen atoms in total. The Morgan fingerprint density at radius 1 is 0.588 bits per heavy atom. The molecule has 0 radical (unpaired) electrons. The molecule has 4 aromatic carbocycles. The minimum absolute atomic E-state index is 0.375. The molecular weight excluding hydrogens is 419 g/mol. The van der Waals surface area contributed by atoms with Crippen LogP contribution in [0.3, 0.4) is 0 Å². The van der Waals surface area contributed by atoms with Gasteiger partial charge in [0.25, 0.3) is 0 Å². The number of fused-ring (bicyclic) bond motifs is 3. The maximum absolute atomic E-state index is 6.30. The van der Waals surface area contributed by atoms with E-state index in [9.17, 15) is 0 Å². The van der Waals surface area contributed by atoms with Gasteiger partial charge < -0.3 is 13.7 Å². The summed E-state index contributed by atoms with van der Waals surface area (Å²) in [7, 11) is -0.410. The van der Waals surface area contributed by atoms with E-state index in [1.54, 1.807) is 0 Å². The van der Waals surface area contributed by atoms with E-state index < -0.39 is 7.12 Å². The Balaban J connectivity index is 1.41. The minimum Gasteiger partial charge on any atom is -0.456 e. The summed E-state index contributed by atoms with van der Waals surface area (Å²) in [6, 6.07) is 31.7. The first-order valence-electron chi connectivity index (χ1n) is 11.8. The molecule has 0 N–H and O–H groups in total. The molecule has 1 aliphatic heterocycles. The van der Waals surface area contributed by atoms with Gasteiger partial charge in [-0.2, -0.15) is 0 Å². The Morgan fingerprint density at radius 3 is 1.94 bits per heavy atom. The van der Waals surface area contributed by atoms with Crippen molar-refractivity contribution in [1.82, 2.24) is 0 Å². The lowest BCUT2D eigenvalue weighted by Gasteiger charge is -2.32. The van der Waals surface area contributed by atoms with Crippen LogP contribution in [0.4, 0.5) is 0 Å². The van der Waals surface area contributed by atoms with Crippen molar-refractivity contribution in [2.24, 2.45) is 0 Å². The van der Waals surface area contributed by atoms with Gasteiger partial charge in [-0.15, -0.1) is 0 Å². The van der Waals surface area contributed by atoms with E-state index in [1.165, 1.54) is 22.3 Å². The van der Waals surface area contributed by atoms with Crippen LogP contribution in [-0.2, 0) is 9.31 Å². The van der Waals surface area contributed by atoms with E-state index in [1.807, 2.05) is 12.1 Å². The monoisotopic (exact) mass is 446 g/mol. The normalized spacial score (nSPS) is 17.0. The highest BCUT2D eigenvalue weighted by Gasteiger charge is 2.51. The Labute approximate surface area is 200 Å². The van der Waals surface area contributed by atoms with Gasteiger partial charge in [-0.05, 0) is 67.5 Å².